The van der Waals surface area contributed by atoms with Crippen molar-refractivity contribution >= 4 is 11.8 Å². The highest BCUT2D eigenvalue weighted by Crippen LogP contribution is 2.29. The van der Waals surface area contributed by atoms with Gasteiger partial charge in [-0.2, -0.15) is 24.9 Å². The molecule has 0 saturated carbocycles. The SMILES string of the molecule is CSC[C@H](N)c1ccc(C(F)(F)F)cc1. The summed E-state index contributed by atoms with van der Waals surface area (Å²) in [5, 5.41) is 0. The van der Waals surface area contributed by atoms with Crippen LogP contribution in [-0.2, 0) is 6.18 Å². The summed E-state index contributed by atoms with van der Waals surface area (Å²) in [5.74, 6) is 0.700. The second-order valence-electron chi connectivity index (χ2n) is 3.18. The maximum Gasteiger partial charge on any atom is 0.416 e. The zero-order chi connectivity index (χ0) is 11.5. The molecule has 0 fully saturated rings. The summed E-state index contributed by atoms with van der Waals surface area (Å²) in [4.78, 5) is 0. The molecule has 84 valence electrons. The molecular weight excluding hydrogens is 223 g/mol. The molecule has 0 aliphatic heterocycles. The standard InChI is InChI=1S/C10H12F3NS/c1-15-6-9(14)7-2-4-8(5-3-7)10(11,12)13/h2-5,9H,6,14H2,1H3/t9-/m0/s1. The van der Waals surface area contributed by atoms with E-state index in [1.54, 1.807) is 11.8 Å². The van der Waals surface area contributed by atoms with Gasteiger partial charge in [0, 0.05) is 11.8 Å². The minimum Gasteiger partial charge on any atom is -0.323 e. The molecule has 0 amide bonds. The third-order valence-electron chi connectivity index (χ3n) is 2.01. The normalized spacial score (nSPS) is 13.9. The van der Waals surface area contributed by atoms with E-state index < -0.39 is 11.7 Å². The van der Waals surface area contributed by atoms with E-state index in [-0.39, 0.29) is 6.04 Å². The maximum atomic E-state index is 12.2. The number of thioether (sulfide) groups is 1. The lowest BCUT2D eigenvalue weighted by molar-refractivity contribution is -0.137. The van der Waals surface area contributed by atoms with Crippen LogP contribution < -0.4 is 5.73 Å². The van der Waals surface area contributed by atoms with Crippen LogP contribution in [0.3, 0.4) is 0 Å². The largest absolute Gasteiger partial charge is 0.416 e. The Bertz CT molecular complexity index is 307. The Hall–Kier alpha value is -0.680. The summed E-state index contributed by atoms with van der Waals surface area (Å²) in [6.45, 7) is 0. The fourth-order valence-corrected chi connectivity index (χ4v) is 1.75. The van der Waals surface area contributed by atoms with Gasteiger partial charge in [-0.25, -0.2) is 0 Å². The number of nitrogens with two attached hydrogens (primary N) is 1. The van der Waals surface area contributed by atoms with Gasteiger partial charge in [-0.15, -0.1) is 0 Å². The molecule has 2 N–H and O–H groups in total. The van der Waals surface area contributed by atoms with Crippen LogP contribution in [0.2, 0.25) is 0 Å². The van der Waals surface area contributed by atoms with Gasteiger partial charge in [-0.1, -0.05) is 12.1 Å². The summed E-state index contributed by atoms with van der Waals surface area (Å²) in [5.41, 5.74) is 5.86. The van der Waals surface area contributed by atoms with Crippen molar-refractivity contribution in [3.05, 3.63) is 35.4 Å². The molecule has 1 aromatic rings. The van der Waals surface area contributed by atoms with Crippen LogP contribution in [0.1, 0.15) is 17.2 Å². The van der Waals surface area contributed by atoms with Gasteiger partial charge >= 0.3 is 6.18 Å². The Labute approximate surface area is 90.9 Å². The predicted molar refractivity (Wildman–Crippen MR) is 56.8 cm³/mol. The second kappa shape index (κ2) is 4.90. The monoisotopic (exact) mass is 235 g/mol. The molecule has 0 bridgehead atoms. The van der Waals surface area contributed by atoms with Crippen molar-refractivity contribution in [1.29, 1.82) is 0 Å². The van der Waals surface area contributed by atoms with E-state index >= 15 is 0 Å². The first kappa shape index (κ1) is 12.4. The summed E-state index contributed by atoms with van der Waals surface area (Å²) < 4.78 is 36.7. The zero-order valence-electron chi connectivity index (χ0n) is 8.21. The van der Waals surface area contributed by atoms with Gasteiger partial charge in [0.1, 0.15) is 0 Å². The number of benzene rings is 1. The average Bonchev–Trinajstić information content (AvgIpc) is 2.17. The number of hydrogen-bond donors (Lipinski definition) is 1. The van der Waals surface area contributed by atoms with Gasteiger partial charge in [0.15, 0.2) is 0 Å². The molecule has 0 radical (unpaired) electrons. The first-order valence-electron chi connectivity index (χ1n) is 4.37. The van der Waals surface area contributed by atoms with Crippen LogP contribution in [0.5, 0.6) is 0 Å². The molecule has 5 heteroatoms. The maximum absolute atomic E-state index is 12.2. The zero-order valence-corrected chi connectivity index (χ0v) is 9.03. The van der Waals surface area contributed by atoms with Gasteiger partial charge in [0.25, 0.3) is 0 Å². The van der Waals surface area contributed by atoms with Crippen LogP contribution in [0.15, 0.2) is 24.3 Å². The molecule has 0 aliphatic rings. The number of hydrogen-bond acceptors (Lipinski definition) is 2. The van der Waals surface area contributed by atoms with E-state index in [0.717, 1.165) is 17.7 Å². The van der Waals surface area contributed by atoms with Crippen LogP contribution in [0, 0.1) is 0 Å². The molecule has 15 heavy (non-hydrogen) atoms. The van der Waals surface area contributed by atoms with Crippen LogP contribution in [-0.4, -0.2) is 12.0 Å². The average molecular weight is 235 g/mol. The summed E-state index contributed by atoms with van der Waals surface area (Å²) >= 11 is 1.57. The Morgan fingerprint density at radius 1 is 1.27 bits per heavy atom. The van der Waals surface area contributed by atoms with Gasteiger partial charge in [-0.05, 0) is 24.0 Å². The molecule has 0 heterocycles. The fraction of sp³-hybridized carbons (Fsp3) is 0.400. The van der Waals surface area contributed by atoms with Crippen molar-refractivity contribution in [2.75, 3.05) is 12.0 Å². The van der Waals surface area contributed by atoms with Crippen molar-refractivity contribution in [2.24, 2.45) is 5.73 Å². The molecule has 1 atom stereocenters. The molecular formula is C10H12F3NS. The lowest BCUT2D eigenvalue weighted by atomic mass is 10.1. The molecule has 0 aliphatic carbocycles. The third kappa shape index (κ3) is 3.43. The topological polar surface area (TPSA) is 26.0 Å². The Balaban J connectivity index is 2.81. The van der Waals surface area contributed by atoms with E-state index in [2.05, 4.69) is 0 Å². The van der Waals surface area contributed by atoms with E-state index in [0.29, 0.717) is 5.75 Å². The second-order valence-corrected chi connectivity index (χ2v) is 4.09. The number of alkyl halides is 3. The summed E-state index contributed by atoms with van der Waals surface area (Å²) in [7, 11) is 0. The molecule has 0 spiro atoms. The number of halogens is 3. The Kier molecular flexibility index (Phi) is 4.04. The smallest absolute Gasteiger partial charge is 0.323 e. The first-order valence-corrected chi connectivity index (χ1v) is 5.76. The quantitative estimate of drug-likeness (QED) is 0.871. The van der Waals surface area contributed by atoms with E-state index in [4.69, 9.17) is 5.73 Å². The predicted octanol–water partition coefficient (Wildman–Crippen LogP) is 3.07. The van der Waals surface area contributed by atoms with Gasteiger partial charge in [0.05, 0.1) is 5.56 Å². The molecule has 0 saturated heterocycles. The first-order chi connectivity index (χ1) is 6.95. The van der Waals surface area contributed by atoms with Gasteiger partial charge in [-0.3, -0.25) is 0 Å². The minimum absolute atomic E-state index is 0.206. The third-order valence-corrected chi connectivity index (χ3v) is 2.70. The summed E-state index contributed by atoms with van der Waals surface area (Å²) in [6.07, 6.45) is -2.37. The van der Waals surface area contributed by atoms with Crippen LogP contribution in [0.25, 0.3) is 0 Å². The molecule has 0 aromatic heterocycles. The van der Waals surface area contributed by atoms with Crippen molar-refractivity contribution in [1.82, 2.24) is 0 Å². The van der Waals surface area contributed by atoms with Crippen molar-refractivity contribution in [2.45, 2.75) is 12.2 Å². The highest BCUT2D eigenvalue weighted by atomic mass is 32.2. The molecule has 0 unspecified atom stereocenters. The lowest BCUT2D eigenvalue weighted by Gasteiger charge is -2.12. The van der Waals surface area contributed by atoms with E-state index in [1.165, 1.54) is 12.1 Å². The molecule has 1 nitrogen and oxygen atoms in total. The Morgan fingerprint density at radius 3 is 2.20 bits per heavy atom. The van der Waals surface area contributed by atoms with Crippen molar-refractivity contribution in [3.8, 4) is 0 Å². The highest BCUT2D eigenvalue weighted by Gasteiger charge is 2.30. The Morgan fingerprint density at radius 2 is 1.80 bits per heavy atom. The van der Waals surface area contributed by atoms with Gasteiger partial charge < -0.3 is 5.73 Å². The van der Waals surface area contributed by atoms with Crippen LogP contribution in [0.4, 0.5) is 13.2 Å². The number of rotatable bonds is 3. The van der Waals surface area contributed by atoms with Crippen molar-refractivity contribution < 1.29 is 13.2 Å². The fourth-order valence-electron chi connectivity index (χ4n) is 1.20. The molecule has 1 aromatic carbocycles. The van der Waals surface area contributed by atoms with Crippen LogP contribution >= 0.6 is 11.8 Å². The van der Waals surface area contributed by atoms with E-state index in [9.17, 15) is 13.2 Å². The highest BCUT2D eigenvalue weighted by molar-refractivity contribution is 7.98. The van der Waals surface area contributed by atoms with E-state index in [1.807, 2.05) is 6.26 Å². The lowest BCUT2D eigenvalue weighted by Crippen LogP contribution is -2.13. The minimum atomic E-state index is -4.28. The summed E-state index contributed by atoms with van der Waals surface area (Å²) in [6, 6.07) is 4.79. The van der Waals surface area contributed by atoms with Gasteiger partial charge in [0.2, 0.25) is 0 Å². The molecule has 1 rings (SSSR count). The van der Waals surface area contributed by atoms with Crippen molar-refractivity contribution in [3.63, 3.8) is 0 Å².